The van der Waals surface area contributed by atoms with Gasteiger partial charge in [-0.2, -0.15) is 0 Å². The monoisotopic (exact) mass is 540 g/mol. The van der Waals surface area contributed by atoms with Gasteiger partial charge in [0, 0.05) is 47.4 Å². The lowest BCUT2D eigenvalue weighted by atomic mass is 9.90. The zero-order valence-electron chi connectivity index (χ0n) is 23.8. The molecule has 4 rings (SSSR count). The van der Waals surface area contributed by atoms with Crippen molar-refractivity contribution in [3.63, 3.8) is 0 Å². The van der Waals surface area contributed by atoms with Gasteiger partial charge in [-0.1, -0.05) is 24.8 Å². The van der Waals surface area contributed by atoms with E-state index in [1.54, 1.807) is 6.07 Å². The molecule has 7 heteroatoms. The van der Waals surface area contributed by atoms with E-state index in [4.69, 9.17) is 9.15 Å². The van der Waals surface area contributed by atoms with E-state index in [0.717, 1.165) is 70.6 Å². The van der Waals surface area contributed by atoms with Gasteiger partial charge in [0.2, 0.25) is 11.3 Å². The second kappa shape index (κ2) is 13.1. The van der Waals surface area contributed by atoms with Crippen molar-refractivity contribution in [2.75, 3.05) is 44.2 Å². The summed E-state index contributed by atoms with van der Waals surface area (Å²) in [6.45, 7) is 15.8. The number of carbonyl (C=O) groups excluding carboxylic acids is 2. The van der Waals surface area contributed by atoms with Gasteiger partial charge in [0.05, 0.1) is 18.2 Å². The number of hydrogen-bond donors (Lipinski definition) is 1. The lowest BCUT2D eigenvalue weighted by Crippen LogP contribution is -2.29. The van der Waals surface area contributed by atoms with Gasteiger partial charge in [0.25, 0.3) is 0 Å². The molecule has 1 amide bonds. The summed E-state index contributed by atoms with van der Waals surface area (Å²) in [5.41, 5.74) is 4.88. The second-order valence-electron chi connectivity index (χ2n) is 9.36. The fourth-order valence-electron chi connectivity index (χ4n) is 5.08. The van der Waals surface area contributed by atoms with E-state index >= 15 is 0 Å². The van der Waals surface area contributed by atoms with E-state index in [1.807, 2.05) is 18.2 Å². The number of esters is 1. The van der Waals surface area contributed by atoms with E-state index in [2.05, 4.69) is 85.5 Å². The van der Waals surface area contributed by atoms with Gasteiger partial charge >= 0.3 is 5.97 Å². The molecule has 208 valence electrons. The van der Waals surface area contributed by atoms with Crippen molar-refractivity contribution in [3.05, 3.63) is 84.2 Å². The average molecular weight is 541 g/mol. The van der Waals surface area contributed by atoms with Crippen LogP contribution in [0.5, 0.6) is 0 Å². The number of ether oxygens (including phenoxy) is 1. The minimum Gasteiger partial charge on any atom is -0.460 e. The Morgan fingerprint density at radius 3 is 2.42 bits per heavy atom. The maximum Gasteiger partial charge on any atom is 0.338 e. The van der Waals surface area contributed by atoms with Gasteiger partial charge < -0.3 is 19.4 Å². The Morgan fingerprint density at radius 2 is 1.73 bits per heavy atom. The first kappa shape index (κ1) is 28.6. The Labute approximate surface area is 235 Å². The number of nitrogens with one attached hydrogen (secondary N) is 1. The highest BCUT2D eigenvalue weighted by Gasteiger charge is 2.23. The van der Waals surface area contributed by atoms with Crippen LogP contribution < -0.4 is 20.1 Å². The summed E-state index contributed by atoms with van der Waals surface area (Å²) < 4.78 is 14.4. The van der Waals surface area contributed by atoms with Crippen LogP contribution in [0.25, 0.3) is 33.4 Å². The number of fused-ring (bicyclic) bond motifs is 2. The number of rotatable bonds is 11. The van der Waals surface area contributed by atoms with Crippen LogP contribution in [-0.4, -0.2) is 51.2 Å². The number of nitrogens with zero attached hydrogens (tertiary/aromatic N) is 2. The smallest absolute Gasteiger partial charge is 0.338 e. The average Bonchev–Trinajstić information content (AvgIpc) is 2.99. The van der Waals surface area contributed by atoms with E-state index in [9.17, 15) is 9.59 Å². The Morgan fingerprint density at radius 1 is 0.975 bits per heavy atom. The number of anilines is 1. The fourth-order valence-corrected chi connectivity index (χ4v) is 5.08. The van der Waals surface area contributed by atoms with Gasteiger partial charge in [-0.3, -0.25) is 4.79 Å². The molecule has 0 fully saturated rings. The maximum atomic E-state index is 13.3. The maximum absolute atomic E-state index is 13.3. The van der Waals surface area contributed by atoms with Crippen molar-refractivity contribution in [1.82, 2.24) is 9.89 Å². The lowest BCUT2D eigenvalue weighted by Gasteiger charge is -2.22. The first-order valence-corrected chi connectivity index (χ1v) is 14.0. The second-order valence-corrected chi connectivity index (χ2v) is 9.36. The molecular weight excluding hydrogens is 502 g/mol. The van der Waals surface area contributed by atoms with Crippen LogP contribution in [-0.2, 0) is 9.53 Å². The van der Waals surface area contributed by atoms with Crippen LogP contribution in [0.4, 0.5) is 5.69 Å². The molecule has 7 nitrogen and oxygen atoms in total. The molecule has 1 N–H and O–H groups in total. The molecule has 2 aromatic rings. The van der Waals surface area contributed by atoms with Crippen molar-refractivity contribution in [1.29, 1.82) is 0 Å². The Balaban J connectivity index is 1.91. The third-order valence-corrected chi connectivity index (χ3v) is 7.18. The minimum atomic E-state index is -0.454. The molecule has 0 radical (unpaired) electrons. The third-order valence-electron chi connectivity index (χ3n) is 7.18. The van der Waals surface area contributed by atoms with Crippen LogP contribution in [0.3, 0.4) is 0 Å². The van der Waals surface area contributed by atoms with Gasteiger partial charge in [-0.25, -0.2) is 9.37 Å². The molecule has 1 heterocycles. The summed E-state index contributed by atoms with van der Waals surface area (Å²) in [7, 11) is 0. The predicted octanol–water partition coefficient (Wildman–Crippen LogP) is 5.32. The van der Waals surface area contributed by atoms with E-state index in [0.29, 0.717) is 5.56 Å². The van der Waals surface area contributed by atoms with E-state index < -0.39 is 5.97 Å². The zero-order valence-corrected chi connectivity index (χ0v) is 23.8. The first-order chi connectivity index (χ1) is 19.4. The van der Waals surface area contributed by atoms with Gasteiger partial charge in [0.15, 0.2) is 0 Å². The highest BCUT2D eigenvalue weighted by Crippen LogP contribution is 2.42. The highest BCUT2D eigenvalue weighted by molar-refractivity contribution is 6.08. The molecule has 0 bridgehead atoms. The van der Waals surface area contributed by atoms with Gasteiger partial charge in [-0.15, -0.1) is 0 Å². The van der Waals surface area contributed by atoms with Gasteiger partial charge in [0.1, 0.15) is 31.0 Å². The summed E-state index contributed by atoms with van der Waals surface area (Å²) in [6.07, 6.45) is 1.19. The Hall–Kier alpha value is -4.39. The summed E-state index contributed by atoms with van der Waals surface area (Å²) in [5, 5.41) is 4.63. The zero-order chi connectivity index (χ0) is 28.6. The standard InChI is InChI=1S/C33H37N3O4/c1-6-31(37)34-19-20-39-33(38)26-14-12-11-13-25(26)32-27-17-15-23(35(7-2)8-3)21-29(27)40-30-22-24(16-18-28(30)32)36(9-4)10-5/h6,11-18,21-22H,1,7-10,19-20H2,2-5H3/p+1. The number of carbonyl (C=O) groups is 2. The van der Waals surface area contributed by atoms with Crippen LogP contribution in [0.2, 0.25) is 0 Å². The highest BCUT2D eigenvalue weighted by atomic mass is 16.5. The van der Waals surface area contributed by atoms with Crippen LogP contribution in [0.15, 0.2) is 77.7 Å². The summed E-state index contributed by atoms with van der Waals surface area (Å²) in [4.78, 5) is 27.0. The van der Waals surface area contributed by atoms with Crippen molar-refractivity contribution >= 4 is 28.5 Å². The third kappa shape index (κ3) is 5.93. The molecule has 1 aliphatic heterocycles. The normalized spacial score (nSPS) is 10.9. The molecule has 1 aliphatic carbocycles. The van der Waals surface area contributed by atoms with Crippen molar-refractivity contribution in [2.24, 2.45) is 0 Å². The first-order valence-electron chi connectivity index (χ1n) is 14.0. The summed E-state index contributed by atoms with van der Waals surface area (Å²) >= 11 is 0. The Kier molecular flexibility index (Phi) is 9.38. The SMILES string of the molecule is C=CC(=O)NCCOC(=O)c1ccccc1-c1c2ccc(=[N+](CC)CC)cc-2oc2cc(N(CC)CC)ccc12. The number of hydrogen-bond acceptors (Lipinski definition) is 5. The van der Waals surface area contributed by atoms with Crippen molar-refractivity contribution in [2.45, 2.75) is 27.7 Å². The van der Waals surface area contributed by atoms with E-state index in [-0.39, 0.29) is 19.1 Å². The van der Waals surface area contributed by atoms with Crippen molar-refractivity contribution < 1.29 is 18.7 Å². The predicted molar refractivity (Wildman–Crippen MR) is 162 cm³/mol. The summed E-state index contributed by atoms with van der Waals surface area (Å²) in [5.74, 6) is -0.0143. The molecule has 0 saturated carbocycles. The number of amides is 1. The molecule has 40 heavy (non-hydrogen) atoms. The molecule has 0 spiro atoms. The fraction of sp³-hybridized carbons (Fsp3) is 0.303. The van der Waals surface area contributed by atoms with Crippen LogP contribution in [0, 0.1) is 0 Å². The molecule has 0 saturated heterocycles. The van der Waals surface area contributed by atoms with Crippen LogP contribution >= 0.6 is 0 Å². The summed E-state index contributed by atoms with van der Waals surface area (Å²) in [6, 6.07) is 20.0. The molecule has 2 aromatic carbocycles. The van der Waals surface area contributed by atoms with Crippen molar-refractivity contribution in [3.8, 4) is 22.5 Å². The van der Waals surface area contributed by atoms with Gasteiger partial charge in [-0.05, 0) is 63.6 Å². The molecule has 0 atom stereocenters. The largest absolute Gasteiger partial charge is 0.460 e. The minimum absolute atomic E-state index is 0.0544. The lowest BCUT2D eigenvalue weighted by molar-refractivity contribution is -0.116. The van der Waals surface area contributed by atoms with E-state index in [1.165, 1.54) is 6.08 Å². The molecular formula is C33H38N3O4+. The molecule has 0 unspecified atom stereocenters. The molecule has 2 aliphatic rings. The topological polar surface area (TPSA) is 74.8 Å². The quantitative estimate of drug-likeness (QED) is 0.0916. The Bertz CT molecular complexity index is 1560. The van der Waals surface area contributed by atoms with Crippen LogP contribution in [0.1, 0.15) is 38.1 Å². The molecule has 0 aromatic heterocycles. The number of benzene rings is 3.